The van der Waals surface area contributed by atoms with Gasteiger partial charge in [-0.1, -0.05) is 87.4 Å². The molecule has 1 unspecified atom stereocenters. The molecule has 184 valence electrons. The number of hydrogen-bond donors (Lipinski definition) is 2. The number of rotatable bonds is 11. The van der Waals surface area contributed by atoms with E-state index >= 15 is 0 Å². The smallest absolute Gasteiger partial charge is 0.120 e. The topological polar surface area (TPSA) is 41.5 Å². The summed E-state index contributed by atoms with van der Waals surface area (Å²) in [6.45, 7) is 0.582. The highest BCUT2D eigenvalue weighted by molar-refractivity contribution is 5.66. The van der Waals surface area contributed by atoms with Crippen molar-refractivity contribution in [1.29, 1.82) is 0 Å². The van der Waals surface area contributed by atoms with Gasteiger partial charge < -0.3 is 15.2 Å². The van der Waals surface area contributed by atoms with Crippen molar-refractivity contribution in [1.82, 2.24) is 0 Å². The summed E-state index contributed by atoms with van der Waals surface area (Å²) in [4.78, 5) is 0. The number of aliphatic hydroxyl groups is 1. The summed E-state index contributed by atoms with van der Waals surface area (Å²) in [5.74, 6) is 2.40. The molecule has 0 saturated heterocycles. The molecule has 3 aromatic rings. The van der Waals surface area contributed by atoms with Crippen LogP contribution < -0.4 is 10.1 Å². The zero-order chi connectivity index (χ0) is 23.9. The Kier molecular flexibility index (Phi) is 8.05. The van der Waals surface area contributed by atoms with E-state index in [1.807, 2.05) is 18.2 Å². The zero-order valence-electron chi connectivity index (χ0n) is 20.8. The van der Waals surface area contributed by atoms with E-state index in [2.05, 4.69) is 59.9 Å². The standard InChI is InChI=1S/C32H39NO2/c34-32(16-7-13-24-9-3-1-4-10-24)27-14-8-15-28(21-27)33-31-20-19-29(22-30(31)26-17-18-26)35-23-25-11-5-2-6-12-25/h2,5-6,8,11-12,14-15,19-22,24,26,32-34H,1,3-4,7,9-10,13,16-18,23H2. The minimum atomic E-state index is -0.392. The summed E-state index contributed by atoms with van der Waals surface area (Å²) in [5.41, 5.74) is 5.69. The van der Waals surface area contributed by atoms with Crippen molar-refractivity contribution >= 4 is 11.4 Å². The van der Waals surface area contributed by atoms with Crippen molar-refractivity contribution in [3.63, 3.8) is 0 Å². The molecular formula is C32H39NO2. The molecule has 0 heterocycles. The third kappa shape index (κ3) is 6.89. The monoisotopic (exact) mass is 469 g/mol. The van der Waals surface area contributed by atoms with Crippen molar-refractivity contribution < 1.29 is 9.84 Å². The van der Waals surface area contributed by atoms with Gasteiger partial charge in [-0.2, -0.15) is 0 Å². The number of anilines is 2. The number of aliphatic hydroxyl groups excluding tert-OH is 1. The lowest BCUT2D eigenvalue weighted by molar-refractivity contribution is 0.159. The van der Waals surface area contributed by atoms with Crippen LogP contribution in [0.1, 0.15) is 92.9 Å². The Morgan fingerprint density at radius 1 is 0.857 bits per heavy atom. The Balaban J connectivity index is 1.20. The Morgan fingerprint density at radius 2 is 1.69 bits per heavy atom. The fourth-order valence-electron chi connectivity index (χ4n) is 5.44. The van der Waals surface area contributed by atoms with E-state index in [9.17, 15) is 5.11 Å². The molecule has 0 aromatic heterocycles. The molecule has 0 aliphatic heterocycles. The van der Waals surface area contributed by atoms with Crippen LogP contribution in [0.25, 0.3) is 0 Å². The van der Waals surface area contributed by atoms with Gasteiger partial charge in [0, 0.05) is 11.4 Å². The molecule has 0 bridgehead atoms. The Labute approximate surface area is 210 Å². The second kappa shape index (κ2) is 11.8. The fourth-order valence-corrected chi connectivity index (χ4v) is 5.44. The molecular weight excluding hydrogens is 430 g/mol. The predicted octanol–water partition coefficient (Wildman–Crippen LogP) is 8.67. The quantitative estimate of drug-likeness (QED) is 0.295. The van der Waals surface area contributed by atoms with Gasteiger partial charge >= 0.3 is 0 Å². The van der Waals surface area contributed by atoms with Gasteiger partial charge in [-0.3, -0.25) is 0 Å². The van der Waals surface area contributed by atoms with Crippen molar-refractivity contribution in [2.75, 3.05) is 5.32 Å². The number of nitrogens with one attached hydrogen (secondary N) is 1. The molecule has 2 saturated carbocycles. The molecule has 0 spiro atoms. The van der Waals surface area contributed by atoms with E-state index < -0.39 is 6.10 Å². The van der Waals surface area contributed by atoms with Gasteiger partial charge in [0.25, 0.3) is 0 Å². The Morgan fingerprint density at radius 3 is 2.49 bits per heavy atom. The van der Waals surface area contributed by atoms with Crippen LogP contribution in [0.15, 0.2) is 72.8 Å². The van der Waals surface area contributed by atoms with Crippen LogP contribution in [-0.2, 0) is 6.61 Å². The molecule has 1 atom stereocenters. The lowest BCUT2D eigenvalue weighted by Gasteiger charge is -2.22. The van der Waals surface area contributed by atoms with E-state index in [0.717, 1.165) is 41.4 Å². The second-order valence-electron chi connectivity index (χ2n) is 10.5. The highest BCUT2D eigenvalue weighted by Gasteiger charge is 2.27. The van der Waals surface area contributed by atoms with E-state index in [0.29, 0.717) is 12.5 Å². The van der Waals surface area contributed by atoms with E-state index in [1.54, 1.807) is 0 Å². The van der Waals surface area contributed by atoms with E-state index in [1.165, 1.54) is 62.5 Å². The SMILES string of the molecule is OC(CCCC1CCCCC1)c1cccc(Nc2ccc(OCc3ccccc3)cc2C2CC2)c1. The summed E-state index contributed by atoms with van der Waals surface area (Å²) in [7, 11) is 0. The van der Waals surface area contributed by atoms with Crippen LogP contribution in [0.2, 0.25) is 0 Å². The van der Waals surface area contributed by atoms with Crippen LogP contribution in [0.5, 0.6) is 5.75 Å². The van der Waals surface area contributed by atoms with Gasteiger partial charge in [0.15, 0.2) is 0 Å². The highest BCUT2D eigenvalue weighted by atomic mass is 16.5. The van der Waals surface area contributed by atoms with Crippen LogP contribution >= 0.6 is 0 Å². The van der Waals surface area contributed by atoms with Gasteiger partial charge in [0.05, 0.1) is 6.10 Å². The second-order valence-corrected chi connectivity index (χ2v) is 10.5. The van der Waals surface area contributed by atoms with Crippen LogP contribution in [0, 0.1) is 5.92 Å². The normalized spacial score (nSPS) is 17.2. The molecule has 3 nitrogen and oxygen atoms in total. The fraction of sp³-hybridized carbons (Fsp3) is 0.438. The third-order valence-electron chi connectivity index (χ3n) is 7.65. The summed E-state index contributed by atoms with van der Waals surface area (Å²) in [6.07, 6.45) is 12.3. The Bertz CT molecular complexity index is 1070. The maximum absolute atomic E-state index is 10.8. The van der Waals surface area contributed by atoms with E-state index in [-0.39, 0.29) is 0 Å². The maximum atomic E-state index is 10.8. The van der Waals surface area contributed by atoms with Gasteiger partial charge in [-0.25, -0.2) is 0 Å². The number of hydrogen-bond acceptors (Lipinski definition) is 3. The van der Waals surface area contributed by atoms with Gasteiger partial charge in [0.1, 0.15) is 12.4 Å². The van der Waals surface area contributed by atoms with Crippen LogP contribution in [0.4, 0.5) is 11.4 Å². The molecule has 3 aromatic carbocycles. The largest absolute Gasteiger partial charge is 0.489 e. The summed E-state index contributed by atoms with van der Waals surface area (Å²) >= 11 is 0. The average molecular weight is 470 g/mol. The van der Waals surface area contributed by atoms with Gasteiger partial charge in [-0.15, -0.1) is 0 Å². The number of benzene rings is 3. The predicted molar refractivity (Wildman–Crippen MR) is 144 cm³/mol. The van der Waals surface area contributed by atoms with Gasteiger partial charge in [0.2, 0.25) is 0 Å². The van der Waals surface area contributed by atoms with Gasteiger partial charge in [-0.05, 0) is 78.1 Å². The first-order chi connectivity index (χ1) is 17.2. The highest BCUT2D eigenvalue weighted by Crippen LogP contribution is 2.45. The lowest BCUT2D eigenvalue weighted by Crippen LogP contribution is -2.07. The summed E-state index contributed by atoms with van der Waals surface area (Å²) in [6, 6.07) is 25.0. The summed E-state index contributed by atoms with van der Waals surface area (Å²) in [5, 5.41) is 14.5. The first kappa shape index (κ1) is 23.9. The lowest BCUT2D eigenvalue weighted by atomic mass is 9.85. The minimum absolute atomic E-state index is 0.392. The van der Waals surface area contributed by atoms with Crippen molar-refractivity contribution in [2.45, 2.75) is 82.8 Å². The average Bonchev–Trinajstić information content (AvgIpc) is 3.75. The zero-order valence-corrected chi connectivity index (χ0v) is 20.8. The van der Waals surface area contributed by atoms with E-state index in [4.69, 9.17) is 4.74 Å². The maximum Gasteiger partial charge on any atom is 0.120 e. The molecule has 3 heteroatoms. The van der Waals surface area contributed by atoms with Crippen LogP contribution in [0.3, 0.4) is 0 Å². The van der Waals surface area contributed by atoms with Crippen molar-refractivity contribution in [3.05, 3.63) is 89.5 Å². The molecule has 0 amide bonds. The number of ether oxygens (including phenoxy) is 1. The Hall–Kier alpha value is -2.78. The molecule has 2 aliphatic rings. The molecule has 5 rings (SSSR count). The summed E-state index contributed by atoms with van der Waals surface area (Å²) < 4.78 is 6.09. The van der Waals surface area contributed by atoms with Crippen LogP contribution in [-0.4, -0.2) is 5.11 Å². The molecule has 0 radical (unpaired) electrons. The minimum Gasteiger partial charge on any atom is -0.489 e. The third-order valence-corrected chi connectivity index (χ3v) is 7.65. The van der Waals surface area contributed by atoms with Crippen molar-refractivity contribution in [3.8, 4) is 5.75 Å². The molecule has 2 fully saturated rings. The molecule has 2 N–H and O–H groups in total. The van der Waals surface area contributed by atoms with Crippen molar-refractivity contribution in [2.24, 2.45) is 5.92 Å². The first-order valence-electron chi connectivity index (χ1n) is 13.6. The molecule has 35 heavy (non-hydrogen) atoms. The first-order valence-corrected chi connectivity index (χ1v) is 13.6. The molecule has 2 aliphatic carbocycles.